The van der Waals surface area contributed by atoms with Crippen LogP contribution in [-0.2, 0) is 12.3 Å². The molecule has 1 aliphatic rings. The van der Waals surface area contributed by atoms with Crippen molar-refractivity contribution in [3.63, 3.8) is 0 Å². The van der Waals surface area contributed by atoms with Gasteiger partial charge in [0.1, 0.15) is 23.0 Å². The van der Waals surface area contributed by atoms with Crippen LogP contribution in [0.4, 0.5) is 14.6 Å². The summed E-state index contributed by atoms with van der Waals surface area (Å²) in [6.07, 6.45) is 1.16. The number of pyridine rings is 1. The number of para-hydroxylation sites is 1. The van der Waals surface area contributed by atoms with Crippen LogP contribution in [0.5, 0.6) is 5.75 Å². The Kier molecular flexibility index (Phi) is 6.81. The Morgan fingerprint density at radius 1 is 1.29 bits per heavy atom. The second kappa shape index (κ2) is 9.63. The Labute approximate surface area is 195 Å². The topological polar surface area (TPSA) is 120 Å². The quantitative estimate of drug-likeness (QED) is 0.375. The van der Waals surface area contributed by atoms with Gasteiger partial charge in [-0.25, -0.2) is 9.97 Å². The molecular formula is C24H28F2N4O4. The van der Waals surface area contributed by atoms with E-state index >= 15 is 0 Å². The average Bonchev–Trinajstić information content (AvgIpc) is 3.09. The second-order valence-electron chi connectivity index (χ2n) is 8.65. The van der Waals surface area contributed by atoms with Crippen LogP contribution in [0.25, 0.3) is 11.0 Å². The number of aromatic nitrogens is 3. The number of aliphatic hydroxyl groups is 2. The predicted octanol–water partition coefficient (Wildman–Crippen LogP) is 3.35. The van der Waals surface area contributed by atoms with E-state index in [0.717, 1.165) is 0 Å². The van der Waals surface area contributed by atoms with Crippen molar-refractivity contribution in [1.29, 1.82) is 0 Å². The number of anilines is 1. The lowest BCUT2D eigenvalue weighted by Gasteiger charge is -2.19. The lowest BCUT2D eigenvalue weighted by molar-refractivity contribution is -0.0214. The summed E-state index contributed by atoms with van der Waals surface area (Å²) >= 11 is 0. The molecule has 3 heterocycles. The maximum absolute atomic E-state index is 14.1. The number of hydrogen-bond acceptors (Lipinski definition) is 7. The number of aliphatic hydroxyl groups excluding tert-OH is 2. The Bertz CT molecular complexity index is 1250. The molecule has 2 atom stereocenters. The fourth-order valence-corrected chi connectivity index (χ4v) is 4.23. The van der Waals surface area contributed by atoms with Crippen molar-refractivity contribution in [3.8, 4) is 5.75 Å². The first-order chi connectivity index (χ1) is 16.2. The number of rotatable bonds is 9. The lowest BCUT2D eigenvalue weighted by atomic mass is 10.0. The zero-order valence-corrected chi connectivity index (χ0v) is 19.1. The van der Waals surface area contributed by atoms with Gasteiger partial charge < -0.3 is 25.3 Å². The van der Waals surface area contributed by atoms with Crippen LogP contribution in [0.2, 0.25) is 0 Å². The molecule has 1 aromatic carbocycles. The zero-order valence-electron chi connectivity index (χ0n) is 19.1. The monoisotopic (exact) mass is 474 g/mol. The van der Waals surface area contributed by atoms with E-state index in [2.05, 4.69) is 20.3 Å². The standard InChI is InChI=1S/C24H28F2N4O4/c1-13(17-7-4-8-19-20(17)34-12-24(19,25)26)27-21-18-11-15(5-3-6-16(32)9-10-31)23(33)30-22(18)29-14(2)28-21/h4,7-8,11,13,16,31-32H,3,5-6,9-10,12H2,1-2H3,(H2,27,28,29,30,33)/t13-,16?/m1/s1. The molecule has 0 spiro atoms. The predicted molar refractivity (Wildman–Crippen MR) is 123 cm³/mol. The highest BCUT2D eigenvalue weighted by atomic mass is 19.3. The first-order valence-corrected chi connectivity index (χ1v) is 11.3. The largest absolute Gasteiger partial charge is 0.486 e. The maximum atomic E-state index is 14.1. The maximum Gasteiger partial charge on any atom is 0.310 e. The van der Waals surface area contributed by atoms with E-state index in [1.165, 1.54) is 6.07 Å². The summed E-state index contributed by atoms with van der Waals surface area (Å²) in [5, 5.41) is 22.6. The number of fused-ring (bicyclic) bond motifs is 2. The van der Waals surface area contributed by atoms with Gasteiger partial charge in [0.25, 0.3) is 5.56 Å². The number of benzene rings is 1. The fourth-order valence-electron chi connectivity index (χ4n) is 4.23. The van der Waals surface area contributed by atoms with Gasteiger partial charge >= 0.3 is 5.92 Å². The Hall–Kier alpha value is -3.11. The zero-order chi connectivity index (χ0) is 24.5. The van der Waals surface area contributed by atoms with Gasteiger partial charge in [-0.15, -0.1) is 0 Å². The molecule has 182 valence electrons. The molecular weight excluding hydrogens is 446 g/mol. The van der Waals surface area contributed by atoms with E-state index in [9.17, 15) is 18.7 Å². The second-order valence-corrected chi connectivity index (χ2v) is 8.65. The smallest absolute Gasteiger partial charge is 0.310 e. The Balaban J connectivity index is 1.62. The molecule has 0 bridgehead atoms. The van der Waals surface area contributed by atoms with Crippen molar-refractivity contribution in [1.82, 2.24) is 15.0 Å². The number of aryl methyl sites for hydroxylation is 2. The van der Waals surface area contributed by atoms with Crippen molar-refractivity contribution in [2.24, 2.45) is 0 Å². The summed E-state index contributed by atoms with van der Waals surface area (Å²) < 4.78 is 33.6. The SMILES string of the molecule is Cc1nc(N[C@H](C)c2cccc3c2OCC3(F)F)c2cc(CCCC(O)CCO)c(=O)[nH]c2n1. The third-order valence-corrected chi connectivity index (χ3v) is 6.00. The van der Waals surface area contributed by atoms with Gasteiger partial charge in [0.05, 0.1) is 23.1 Å². The van der Waals surface area contributed by atoms with Gasteiger partial charge in [-0.2, -0.15) is 8.78 Å². The lowest BCUT2D eigenvalue weighted by Crippen LogP contribution is -2.16. The van der Waals surface area contributed by atoms with E-state index < -0.39 is 24.7 Å². The third kappa shape index (κ3) is 4.88. The number of halogens is 2. The van der Waals surface area contributed by atoms with Crippen molar-refractivity contribution in [3.05, 3.63) is 57.1 Å². The van der Waals surface area contributed by atoms with Crippen LogP contribution >= 0.6 is 0 Å². The number of ether oxygens (including phenoxy) is 1. The molecule has 4 N–H and O–H groups in total. The summed E-state index contributed by atoms with van der Waals surface area (Å²) in [6, 6.07) is 6.00. The molecule has 0 radical (unpaired) electrons. The van der Waals surface area contributed by atoms with E-state index in [1.54, 1.807) is 25.1 Å². The summed E-state index contributed by atoms with van der Waals surface area (Å²) in [4.78, 5) is 24.2. The molecule has 34 heavy (non-hydrogen) atoms. The number of nitrogens with zero attached hydrogens (tertiary/aromatic N) is 2. The summed E-state index contributed by atoms with van der Waals surface area (Å²) in [5.41, 5.74) is 1.09. The van der Waals surface area contributed by atoms with Gasteiger partial charge in [0, 0.05) is 17.7 Å². The molecule has 8 nitrogen and oxygen atoms in total. The minimum absolute atomic E-state index is 0.0884. The van der Waals surface area contributed by atoms with Crippen LogP contribution < -0.4 is 15.6 Å². The average molecular weight is 475 g/mol. The van der Waals surface area contributed by atoms with Crippen molar-refractivity contribution >= 4 is 16.9 Å². The molecule has 3 aromatic rings. The number of H-pyrrole nitrogens is 1. The Morgan fingerprint density at radius 3 is 2.85 bits per heavy atom. The number of aromatic amines is 1. The van der Waals surface area contributed by atoms with Crippen LogP contribution in [0.1, 0.15) is 54.7 Å². The summed E-state index contributed by atoms with van der Waals surface area (Å²) in [6.45, 7) is 2.76. The van der Waals surface area contributed by atoms with Gasteiger partial charge in [0.15, 0.2) is 6.61 Å². The molecule has 4 rings (SSSR count). The molecule has 0 fully saturated rings. The normalized spacial score (nSPS) is 16.2. The molecule has 0 saturated carbocycles. The molecule has 0 aliphatic carbocycles. The Morgan fingerprint density at radius 2 is 2.09 bits per heavy atom. The first-order valence-electron chi connectivity index (χ1n) is 11.3. The molecule has 1 unspecified atom stereocenters. The van der Waals surface area contributed by atoms with Crippen LogP contribution in [0, 0.1) is 6.92 Å². The highest BCUT2D eigenvalue weighted by molar-refractivity contribution is 5.87. The van der Waals surface area contributed by atoms with Crippen LogP contribution in [0.3, 0.4) is 0 Å². The summed E-state index contributed by atoms with van der Waals surface area (Å²) in [7, 11) is 0. The van der Waals surface area contributed by atoms with Gasteiger partial charge in [-0.05, 0) is 51.7 Å². The summed E-state index contributed by atoms with van der Waals surface area (Å²) in [5.74, 6) is -1.94. The molecule has 0 amide bonds. The highest BCUT2D eigenvalue weighted by Gasteiger charge is 2.42. The van der Waals surface area contributed by atoms with Gasteiger partial charge in [-0.3, -0.25) is 4.79 Å². The molecule has 2 aromatic heterocycles. The minimum atomic E-state index is -3.03. The fraction of sp³-hybridized carbons (Fsp3) is 0.458. The van der Waals surface area contributed by atoms with Gasteiger partial charge in [-0.1, -0.05) is 12.1 Å². The third-order valence-electron chi connectivity index (χ3n) is 6.00. The van der Waals surface area contributed by atoms with E-state index in [1.807, 2.05) is 6.92 Å². The number of alkyl halides is 2. The number of nitrogens with one attached hydrogen (secondary N) is 2. The number of hydrogen-bond donors (Lipinski definition) is 4. The molecule has 10 heteroatoms. The minimum Gasteiger partial charge on any atom is -0.486 e. The van der Waals surface area contributed by atoms with Crippen LogP contribution in [0.15, 0.2) is 29.1 Å². The van der Waals surface area contributed by atoms with Crippen molar-refractivity contribution in [2.45, 2.75) is 57.6 Å². The molecule has 1 aliphatic heterocycles. The first kappa shape index (κ1) is 24.0. The van der Waals surface area contributed by atoms with E-state index in [4.69, 9.17) is 9.84 Å². The highest BCUT2D eigenvalue weighted by Crippen LogP contribution is 2.45. The van der Waals surface area contributed by atoms with E-state index in [-0.39, 0.29) is 23.5 Å². The van der Waals surface area contributed by atoms with Crippen molar-refractivity contribution in [2.75, 3.05) is 18.5 Å². The van der Waals surface area contributed by atoms with Crippen LogP contribution in [-0.4, -0.2) is 44.5 Å². The van der Waals surface area contributed by atoms with Crippen molar-refractivity contribution < 1.29 is 23.7 Å². The molecule has 0 saturated heterocycles. The van der Waals surface area contributed by atoms with Gasteiger partial charge in [0.2, 0.25) is 0 Å². The van der Waals surface area contributed by atoms with E-state index in [0.29, 0.717) is 59.5 Å².